The van der Waals surface area contributed by atoms with E-state index in [0.29, 0.717) is 11.8 Å². The fourth-order valence-corrected chi connectivity index (χ4v) is 6.73. The Morgan fingerprint density at radius 1 is 1.04 bits per heavy atom. The van der Waals surface area contributed by atoms with E-state index >= 15 is 0 Å². The van der Waals surface area contributed by atoms with Crippen molar-refractivity contribution >= 4 is 0 Å². The zero-order valence-electron chi connectivity index (χ0n) is 18.7. The Morgan fingerprint density at radius 3 is 2.41 bits per heavy atom. The third kappa shape index (κ3) is 4.89. The van der Waals surface area contributed by atoms with E-state index in [1.54, 1.807) is 0 Å². The first-order valence-electron chi connectivity index (χ1n) is 11.8. The molecule has 156 valence electrons. The summed E-state index contributed by atoms with van der Waals surface area (Å²) in [7, 11) is 0. The molecule has 2 aliphatic carbocycles. The summed E-state index contributed by atoms with van der Waals surface area (Å²) in [5, 5.41) is 11.7. The molecule has 27 heavy (non-hydrogen) atoms. The monoisotopic (exact) mass is 374 g/mol. The molecule has 0 aromatic heterocycles. The van der Waals surface area contributed by atoms with Crippen LogP contribution < -0.4 is 0 Å². The molecule has 2 fully saturated rings. The van der Waals surface area contributed by atoms with Crippen LogP contribution in [0.25, 0.3) is 0 Å². The molecule has 0 unspecified atom stereocenters. The van der Waals surface area contributed by atoms with E-state index in [-0.39, 0.29) is 5.41 Å². The maximum absolute atomic E-state index is 11.7. The standard InChI is InChI=1S/C26H46O/c1-7-9-10-11-15-22-18-19-25(6)23(21(5)14-12-13-20(3)4)16-17-24(25)26(22,27)8-2/h7-8,20-24,27H,1-2,9-19H2,3-6H3/t21-,22-,23-,24-,25-,26+/m1/s1. The number of aliphatic hydroxyl groups is 1. The number of rotatable bonds is 11. The first-order valence-corrected chi connectivity index (χ1v) is 11.8. The van der Waals surface area contributed by atoms with Crippen molar-refractivity contribution in [2.75, 3.05) is 0 Å². The summed E-state index contributed by atoms with van der Waals surface area (Å²) in [5.74, 6) is 3.15. The van der Waals surface area contributed by atoms with Gasteiger partial charge in [0, 0.05) is 0 Å². The van der Waals surface area contributed by atoms with Crippen LogP contribution in [-0.4, -0.2) is 10.7 Å². The Balaban J connectivity index is 2.05. The van der Waals surface area contributed by atoms with E-state index in [1.807, 2.05) is 12.2 Å². The highest BCUT2D eigenvalue weighted by Crippen LogP contribution is 2.63. The molecule has 0 aromatic carbocycles. The van der Waals surface area contributed by atoms with Crippen molar-refractivity contribution in [3.8, 4) is 0 Å². The fourth-order valence-electron chi connectivity index (χ4n) is 6.73. The molecule has 2 saturated carbocycles. The van der Waals surface area contributed by atoms with Gasteiger partial charge in [0.2, 0.25) is 0 Å². The van der Waals surface area contributed by atoms with Crippen molar-refractivity contribution in [3.05, 3.63) is 25.3 Å². The van der Waals surface area contributed by atoms with Crippen LogP contribution in [0.5, 0.6) is 0 Å². The van der Waals surface area contributed by atoms with Crippen LogP contribution in [0.15, 0.2) is 25.3 Å². The first-order chi connectivity index (χ1) is 12.8. The highest BCUT2D eigenvalue weighted by molar-refractivity contribution is 5.16. The SMILES string of the molecule is C=CCCCC[C@@H]1CC[C@]2(C)[C@@H]([C@H](C)CCCC(C)C)CC[C@H]2[C@]1(O)C=C. The van der Waals surface area contributed by atoms with Crippen molar-refractivity contribution in [1.82, 2.24) is 0 Å². The second-order valence-corrected chi connectivity index (χ2v) is 10.4. The maximum atomic E-state index is 11.7. The predicted octanol–water partition coefficient (Wildman–Crippen LogP) is 7.55. The van der Waals surface area contributed by atoms with E-state index in [1.165, 1.54) is 57.8 Å². The number of unbranched alkanes of at least 4 members (excludes halogenated alkanes) is 2. The third-order valence-corrected chi connectivity index (χ3v) is 8.32. The maximum Gasteiger partial charge on any atom is 0.0886 e. The van der Waals surface area contributed by atoms with E-state index in [0.717, 1.165) is 30.6 Å². The average Bonchev–Trinajstić information content (AvgIpc) is 2.98. The molecule has 1 heteroatoms. The predicted molar refractivity (Wildman–Crippen MR) is 119 cm³/mol. The Labute approximate surface area is 169 Å². The smallest absolute Gasteiger partial charge is 0.0886 e. The lowest BCUT2D eigenvalue weighted by Gasteiger charge is -2.53. The molecule has 0 bridgehead atoms. The number of allylic oxidation sites excluding steroid dienone is 1. The topological polar surface area (TPSA) is 20.2 Å². The second-order valence-electron chi connectivity index (χ2n) is 10.4. The molecule has 0 aromatic rings. The van der Waals surface area contributed by atoms with Crippen molar-refractivity contribution in [2.24, 2.45) is 35.0 Å². The van der Waals surface area contributed by atoms with Gasteiger partial charge in [0.05, 0.1) is 5.60 Å². The minimum Gasteiger partial charge on any atom is -0.385 e. The molecule has 0 spiro atoms. The van der Waals surface area contributed by atoms with Crippen molar-refractivity contribution in [1.29, 1.82) is 0 Å². The van der Waals surface area contributed by atoms with Crippen molar-refractivity contribution in [3.63, 3.8) is 0 Å². The van der Waals surface area contributed by atoms with E-state index < -0.39 is 5.60 Å². The molecular formula is C26H46O. The molecule has 1 N–H and O–H groups in total. The van der Waals surface area contributed by atoms with Gasteiger partial charge in [0.1, 0.15) is 0 Å². The lowest BCUT2D eigenvalue weighted by Crippen LogP contribution is -2.54. The van der Waals surface area contributed by atoms with Gasteiger partial charge in [-0.15, -0.1) is 13.2 Å². The Bertz CT molecular complexity index is 481. The van der Waals surface area contributed by atoms with Gasteiger partial charge in [-0.25, -0.2) is 0 Å². The average molecular weight is 375 g/mol. The van der Waals surface area contributed by atoms with Gasteiger partial charge < -0.3 is 5.11 Å². The summed E-state index contributed by atoms with van der Waals surface area (Å²) in [5.41, 5.74) is -0.370. The zero-order chi connectivity index (χ0) is 20.1. The lowest BCUT2D eigenvalue weighted by molar-refractivity contribution is -0.118. The molecule has 0 aliphatic heterocycles. The molecule has 2 rings (SSSR count). The summed E-state index contributed by atoms with van der Waals surface area (Å²) in [6, 6.07) is 0. The van der Waals surface area contributed by atoms with Crippen molar-refractivity contribution in [2.45, 2.75) is 104 Å². The summed E-state index contributed by atoms with van der Waals surface area (Å²) in [6.07, 6.45) is 17.6. The summed E-state index contributed by atoms with van der Waals surface area (Å²) in [6.45, 7) is 17.6. The highest BCUT2D eigenvalue weighted by Gasteiger charge is 2.59. The molecule has 0 saturated heterocycles. The number of fused-ring (bicyclic) bond motifs is 1. The largest absolute Gasteiger partial charge is 0.385 e. The van der Waals surface area contributed by atoms with Gasteiger partial charge in [-0.05, 0) is 80.0 Å². The summed E-state index contributed by atoms with van der Waals surface area (Å²) in [4.78, 5) is 0. The van der Waals surface area contributed by atoms with Crippen LogP contribution in [-0.2, 0) is 0 Å². The van der Waals surface area contributed by atoms with Crippen LogP contribution >= 0.6 is 0 Å². The van der Waals surface area contributed by atoms with Gasteiger partial charge in [-0.1, -0.05) is 65.5 Å². The summed E-state index contributed by atoms with van der Waals surface area (Å²) < 4.78 is 0. The Morgan fingerprint density at radius 2 is 1.78 bits per heavy atom. The lowest BCUT2D eigenvalue weighted by atomic mass is 9.54. The molecule has 0 heterocycles. The molecule has 0 radical (unpaired) electrons. The fraction of sp³-hybridized carbons (Fsp3) is 0.846. The van der Waals surface area contributed by atoms with E-state index in [4.69, 9.17) is 0 Å². The third-order valence-electron chi connectivity index (χ3n) is 8.32. The van der Waals surface area contributed by atoms with Crippen LogP contribution in [0.1, 0.15) is 98.3 Å². The zero-order valence-corrected chi connectivity index (χ0v) is 18.7. The van der Waals surface area contributed by atoms with Crippen LogP contribution in [0.4, 0.5) is 0 Å². The Kier molecular flexibility index (Phi) is 8.22. The molecule has 2 aliphatic rings. The molecule has 6 atom stereocenters. The van der Waals surface area contributed by atoms with Gasteiger partial charge in [-0.2, -0.15) is 0 Å². The quantitative estimate of drug-likeness (QED) is 0.292. The molecule has 1 nitrogen and oxygen atoms in total. The minimum atomic E-state index is -0.659. The summed E-state index contributed by atoms with van der Waals surface area (Å²) >= 11 is 0. The number of hydrogen-bond donors (Lipinski definition) is 1. The van der Waals surface area contributed by atoms with Crippen LogP contribution in [0.3, 0.4) is 0 Å². The van der Waals surface area contributed by atoms with Crippen LogP contribution in [0.2, 0.25) is 0 Å². The van der Waals surface area contributed by atoms with Crippen LogP contribution in [0, 0.1) is 35.0 Å². The van der Waals surface area contributed by atoms with Gasteiger partial charge in [-0.3, -0.25) is 0 Å². The van der Waals surface area contributed by atoms with E-state index in [9.17, 15) is 5.11 Å². The number of hydrogen-bond acceptors (Lipinski definition) is 1. The van der Waals surface area contributed by atoms with E-state index in [2.05, 4.69) is 40.9 Å². The second kappa shape index (κ2) is 9.77. The minimum absolute atomic E-state index is 0.289. The molecule has 0 amide bonds. The van der Waals surface area contributed by atoms with Gasteiger partial charge >= 0.3 is 0 Å². The highest BCUT2D eigenvalue weighted by atomic mass is 16.3. The Hall–Kier alpha value is -0.560. The first kappa shape index (κ1) is 22.7. The van der Waals surface area contributed by atoms with Crippen molar-refractivity contribution < 1.29 is 5.11 Å². The van der Waals surface area contributed by atoms with Gasteiger partial charge in [0.15, 0.2) is 0 Å². The van der Waals surface area contributed by atoms with Gasteiger partial charge in [0.25, 0.3) is 0 Å². The normalized spacial score (nSPS) is 37.2. The molecular weight excluding hydrogens is 328 g/mol.